The first kappa shape index (κ1) is 11.8. The van der Waals surface area contributed by atoms with Crippen LogP contribution in [0, 0.1) is 0 Å². The van der Waals surface area contributed by atoms with E-state index in [1.54, 1.807) is 0 Å². The van der Waals surface area contributed by atoms with E-state index in [-0.39, 0.29) is 6.03 Å². The van der Waals surface area contributed by atoms with Gasteiger partial charge >= 0.3 is 6.03 Å². The molecule has 0 saturated heterocycles. The smallest absolute Gasteiger partial charge is 0.315 e. The lowest BCUT2D eigenvalue weighted by Gasteiger charge is -2.07. The van der Waals surface area contributed by atoms with Gasteiger partial charge in [-0.25, -0.2) is 4.79 Å². The van der Waals surface area contributed by atoms with Gasteiger partial charge in [0.15, 0.2) is 0 Å². The number of carbonyl (C=O) groups is 1. The van der Waals surface area contributed by atoms with Gasteiger partial charge in [0.1, 0.15) is 5.75 Å². The Morgan fingerprint density at radius 3 is 2.76 bits per heavy atom. The fourth-order valence-corrected chi connectivity index (χ4v) is 1.44. The number of para-hydroxylation sites is 1. The standard InChI is InChI=1S/C13H18N2O2/c16-13(15-11-7-8-11)14-9-4-10-17-12-5-2-1-3-6-12/h1-3,5-6,11H,4,7-10H2,(H2,14,15,16). The molecule has 0 spiro atoms. The van der Waals surface area contributed by atoms with Crippen molar-refractivity contribution in [2.45, 2.75) is 25.3 Å². The van der Waals surface area contributed by atoms with Crippen LogP contribution in [0.1, 0.15) is 19.3 Å². The second kappa shape index (κ2) is 6.13. The Kier molecular flexibility index (Phi) is 4.24. The molecular weight excluding hydrogens is 216 g/mol. The van der Waals surface area contributed by atoms with Gasteiger partial charge < -0.3 is 15.4 Å². The summed E-state index contributed by atoms with van der Waals surface area (Å²) in [6.07, 6.45) is 3.04. The summed E-state index contributed by atoms with van der Waals surface area (Å²) in [7, 11) is 0. The number of ether oxygens (including phenoxy) is 1. The maximum absolute atomic E-state index is 11.3. The van der Waals surface area contributed by atoms with Gasteiger partial charge in [0.25, 0.3) is 0 Å². The van der Waals surface area contributed by atoms with E-state index < -0.39 is 0 Å². The molecule has 0 aliphatic heterocycles. The van der Waals surface area contributed by atoms with Crippen molar-refractivity contribution in [1.29, 1.82) is 0 Å². The molecular formula is C13H18N2O2. The first-order valence-electron chi connectivity index (χ1n) is 6.07. The van der Waals surface area contributed by atoms with Crippen molar-refractivity contribution in [1.82, 2.24) is 10.6 Å². The van der Waals surface area contributed by atoms with Crippen molar-refractivity contribution in [3.8, 4) is 5.75 Å². The van der Waals surface area contributed by atoms with Crippen LogP contribution in [-0.4, -0.2) is 25.2 Å². The predicted molar refractivity (Wildman–Crippen MR) is 66.1 cm³/mol. The van der Waals surface area contributed by atoms with Crippen molar-refractivity contribution in [3.05, 3.63) is 30.3 Å². The molecule has 1 saturated carbocycles. The van der Waals surface area contributed by atoms with Crippen LogP contribution in [0.15, 0.2) is 30.3 Å². The number of rotatable bonds is 6. The molecule has 92 valence electrons. The third-order valence-electron chi connectivity index (χ3n) is 2.53. The minimum atomic E-state index is -0.0628. The lowest BCUT2D eigenvalue weighted by molar-refractivity contribution is 0.238. The molecule has 0 atom stereocenters. The van der Waals surface area contributed by atoms with Gasteiger partial charge in [-0.05, 0) is 31.4 Å². The Bertz CT molecular complexity index is 350. The van der Waals surface area contributed by atoms with E-state index in [1.807, 2.05) is 30.3 Å². The SMILES string of the molecule is O=C(NCCCOc1ccccc1)NC1CC1. The summed E-state index contributed by atoms with van der Waals surface area (Å²) < 4.78 is 5.51. The first-order chi connectivity index (χ1) is 8.34. The summed E-state index contributed by atoms with van der Waals surface area (Å²) in [6.45, 7) is 1.26. The topological polar surface area (TPSA) is 50.4 Å². The van der Waals surface area contributed by atoms with E-state index in [1.165, 1.54) is 0 Å². The molecule has 1 aliphatic rings. The highest BCUT2D eigenvalue weighted by molar-refractivity contribution is 5.74. The van der Waals surface area contributed by atoms with E-state index >= 15 is 0 Å². The van der Waals surface area contributed by atoms with Crippen LogP contribution < -0.4 is 15.4 Å². The Balaban J connectivity index is 1.50. The quantitative estimate of drug-likeness (QED) is 0.739. The lowest BCUT2D eigenvalue weighted by Crippen LogP contribution is -2.37. The Morgan fingerprint density at radius 1 is 1.29 bits per heavy atom. The van der Waals surface area contributed by atoms with Crippen molar-refractivity contribution < 1.29 is 9.53 Å². The Morgan fingerprint density at radius 2 is 2.06 bits per heavy atom. The maximum atomic E-state index is 11.3. The third-order valence-corrected chi connectivity index (χ3v) is 2.53. The number of amides is 2. The zero-order valence-corrected chi connectivity index (χ0v) is 9.82. The van der Waals surface area contributed by atoms with Gasteiger partial charge in [-0.2, -0.15) is 0 Å². The third kappa shape index (κ3) is 4.76. The molecule has 1 aliphatic carbocycles. The maximum Gasteiger partial charge on any atom is 0.315 e. The normalized spacial score (nSPS) is 14.1. The lowest BCUT2D eigenvalue weighted by atomic mass is 10.3. The summed E-state index contributed by atoms with van der Waals surface area (Å²) >= 11 is 0. The van der Waals surface area contributed by atoms with Crippen LogP contribution in [0.3, 0.4) is 0 Å². The van der Waals surface area contributed by atoms with Crippen LogP contribution in [0.2, 0.25) is 0 Å². The number of carbonyl (C=O) groups excluding carboxylic acids is 1. The second-order valence-electron chi connectivity index (χ2n) is 4.19. The van der Waals surface area contributed by atoms with Crippen molar-refractivity contribution in [2.75, 3.05) is 13.2 Å². The molecule has 4 nitrogen and oxygen atoms in total. The van der Waals surface area contributed by atoms with Gasteiger partial charge in [-0.15, -0.1) is 0 Å². The summed E-state index contributed by atoms with van der Waals surface area (Å²) in [5, 5.41) is 5.68. The summed E-state index contributed by atoms with van der Waals surface area (Å²) in [5.74, 6) is 0.870. The minimum absolute atomic E-state index is 0.0628. The highest BCUT2D eigenvalue weighted by Crippen LogP contribution is 2.18. The summed E-state index contributed by atoms with van der Waals surface area (Å²) in [6, 6.07) is 10.0. The largest absolute Gasteiger partial charge is 0.494 e. The number of hydrogen-bond acceptors (Lipinski definition) is 2. The Labute approximate surface area is 101 Å². The van der Waals surface area contributed by atoms with Crippen LogP contribution in [-0.2, 0) is 0 Å². The molecule has 4 heteroatoms. The molecule has 2 rings (SSSR count). The van der Waals surface area contributed by atoms with Crippen molar-refractivity contribution >= 4 is 6.03 Å². The molecule has 0 radical (unpaired) electrons. The second-order valence-corrected chi connectivity index (χ2v) is 4.19. The molecule has 2 amide bonds. The molecule has 0 aromatic heterocycles. The molecule has 1 aromatic carbocycles. The van der Waals surface area contributed by atoms with Gasteiger partial charge in [-0.3, -0.25) is 0 Å². The molecule has 0 unspecified atom stereocenters. The van der Waals surface area contributed by atoms with Crippen LogP contribution in [0.25, 0.3) is 0 Å². The number of nitrogens with one attached hydrogen (secondary N) is 2. The van der Waals surface area contributed by atoms with Crippen molar-refractivity contribution in [2.24, 2.45) is 0 Å². The first-order valence-corrected chi connectivity index (χ1v) is 6.07. The molecule has 17 heavy (non-hydrogen) atoms. The van der Waals surface area contributed by atoms with Crippen LogP contribution in [0.5, 0.6) is 5.75 Å². The summed E-state index contributed by atoms with van der Waals surface area (Å²) in [5.41, 5.74) is 0. The van der Waals surface area contributed by atoms with E-state index in [0.717, 1.165) is 25.0 Å². The van der Waals surface area contributed by atoms with Crippen LogP contribution in [0.4, 0.5) is 4.79 Å². The van der Waals surface area contributed by atoms with Crippen molar-refractivity contribution in [3.63, 3.8) is 0 Å². The molecule has 1 fully saturated rings. The zero-order chi connectivity index (χ0) is 11.9. The number of hydrogen-bond donors (Lipinski definition) is 2. The molecule has 0 heterocycles. The monoisotopic (exact) mass is 234 g/mol. The summed E-state index contributed by atoms with van der Waals surface area (Å²) in [4.78, 5) is 11.3. The Hall–Kier alpha value is -1.71. The highest BCUT2D eigenvalue weighted by Gasteiger charge is 2.22. The van der Waals surface area contributed by atoms with Gasteiger partial charge in [0, 0.05) is 12.6 Å². The zero-order valence-electron chi connectivity index (χ0n) is 9.82. The van der Waals surface area contributed by atoms with E-state index in [2.05, 4.69) is 10.6 Å². The van der Waals surface area contributed by atoms with E-state index in [0.29, 0.717) is 19.2 Å². The fraction of sp³-hybridized carbons (Fsp3) is 0.462. The minimum Gasteiger partial charge on any atom is -0.494 e. The average Bonchev–Trinajstić information content (AvgIpc) is 3.14. The predicted octanol–water partition coefficient (Wildman–Crippen LogP) is 1.92. The number of urea groups is 1. The highest BCUT2D eigenvalue weighted by atomic mass is 16.5. The average molecular weight is 234 g/mol. The number of benzene rings is 1. The molecule has 2 N–H and O–H groups in total. The molecule has 0 bridgehead atoms. The fourth-order valence-electron chi connectivity index (χ4n) is 1.44. The van der Waals surface area contributed by atoms with E-state index in [4.69, 9.17) is 4.74 Å². The van der Waals surface area contributed by atoms with Crippen LogP contribution >= 0.6 is 0 Å². The molecule has 1 aromatic rings. The van der Waals surface area contributed by atoms with Gasteiger partial charge in [0.2, 0.25) is 0 Å². The van der Waals surface area contributed by atoms with Gasteiger partial charge in [-0.1, -0.05) is 18.2 Å². The van der Waals surface area contributed by atoms with E-state index in [9.17, 15) is 4.79 Å². The van der Waals surface area contributed by atoms with Gasteiger partial charge in [0.05, 0.1) is 6.61 Å².